The highest BCUT2D eigenvalue weighted by atomic mass is 16.3. The van der Waals surface area contributed by atoms with E-state index in [9.17, 15) is 19.8 Å². The normalized spacial score (nSPS) is 25.1. The van der Waals surface area contributed by atoms with Crippen LogP contribution in [-0.4, -0.2) is 27.4 Å². The molecule has 0 saturated carbocycles. The van der Waals surface area contributed by atoms with E-state index in [1.54, 1.807) is 31.2 Å². The number of hydrogen-bond donors (Lipinski definition) is 2. The number of aliphatic hydroxyl groups excluding tert-OH is 1. The van der Waals surface area contributed by atoms with Crippen molar-refractivity contribution in [3.63, 3.8) is 0 Å². The van der Waals surface area contributed by atoms with Gasteiger partial charge < -0.3 is 10.2 Å². The fourth-order valence-electron chi connectivity index (χ4n) is 4.06. The van der Waals surface area contributed by atoms with E-state index in [0.717, 1.165) is 11.1 Å². The molecule has 2 atom stereocenters. The summed E-state index contributed by atoms with van der Waals surface area (Å²) in [6.07, 6.45) is -0.449. The Morgan fingerprint density at radius 2 is 1.71 bits per heavy atom. The average molecular weight is 322 g/mol. The lowest BCUT2D eigenvalue weighted by Crippen LogP contribution is -2.36. The van der Waals surface area contributed by atoms with Gasteiger partial charge in [0.1, 0.15) is 0 Å². The first kappa shape index (κ1) is 15.2. The van der Waals surface area contributed by atoms with E-state index in [1.807, 2.05) is 13.0 Å². The first-order valence-corrected chi connectivity index (χ1v) is 8.05. The molecule has 4 rings (SSSR count). The monoisotopic (exact) mass is 322 g/mol. The highest BCUT2D eigenvalue weighted by Crippen LogP contribution is 2.41. The van der Waals surface area contributed by atoms with Crippen molar-refractivity contribution in [1.82, 2.24) is 0 Å². The van der Waals surface area contributed by atoms with Crippen LogP contribution in [0.3, 0.4) is 0 Å². The summed E-state index contributed by atoms with van der Waals surface area (Å²) in [6, 6.07) is 8.65. The lowest BCUT2D eigenvalue weighted by molar-refractivity contribution is -0.00777. The van der Waals surface area contributed by atoms with E-state index >= 15 is 0 Å². The standard InChI is InChI=1S/C20H18O4/c1-10-4-3-5-12-15(10)18(22)13-7-6-11-8-20(2,24)9-14(21)16(11)17(13)19(12)23/h3-7,14,21,24H,8-9H2,1-2H3. The average Bonchev–Trinajstić information content (AvgIpc) is 2.50. The van der Waals surface area contributed by atoms with Crippen LogP contribution in [0.25, 0.3) is 0 Å². The van der Waals surface area contributed by atoms with Crippen LogP contribution in [0.4, 0.5) is 0 Å². The van der Waals surface area contributed by atoms with Gasteiger partial charge in [-0.2, -0.15) is 0 Å². The van der Waals surface area contributed by atoms with E-state index < -0.39 is 11.7 Å². The number of aryl methyl sites for hydroxylation is 1. The molecule has 0 saturated heterocycles. The van der Waals surface area contributed by atoms with Crippen molar-refractivity contribution in [2.45, 2.75) is 38.4 Å². The predicted molar refractivity (Wildman–Crippen MR) is 88.4 cm³/mol. The second kappa shape index (κ2) is 4.85. The van der Waals surface area contributed by atoms with Crippen molar-refractivity contribution < 1.29 is 19.8 Å². The lowest BCUT2D eigenvalue weighted by Gasteiger charge is -2.35. The summed E-state index contributed by atoms with van der Waals surface area (Å²) in [6.45, 7) is 3.49. The summed E-state index contributed by atoms with van der Waals surface area (Å²) < 4.78 is 0. The molecule has 0 spiro atoms. The molecule has 0 bridgehead atoms. The second-order valence-electron chi connectivity index (χ2n) is 7.11. The molecule has 0 amide bonds. The molecule has 4 heteroatoms. The van der Waals surface area contributed by atoms with Crippen LogP contribution in [0.5, 0.6) is 0 Å². The third-order valence-corrected chi connectivity index (χ3v) is 5.09. The van der Waals surface area contributed by atoms with Gasteiger partial charge in [-0.05, 0) is 36.6 Å². The molecule has 0 radical (unpaired) electrons. The SMILES string of the molecule is Cc1cccc2c1C(=O)c1ccc3c(c1C2=O)C(O)CC(C)(O)C3. The van der Waals surface area contributed by atoms with Crippen molar-refractivity contribution in [2.75, 3.05) is 0 Å². The molecule has 24 heavy (non-hydrogen) atoms. The van der Waals surface area contributed by atoms with Crippen LogP contribution in [0.15, 0.2) is 30.3 Å². The van der Waals surface area contributed by atoms with Gasteiger partial charge in [0.15, 0.2) is 11.6 Å². The summed E-state index contributed by atoms with van der Waals surface area (Å²) in [5.41, 5.74) is 2.49. The highest BCUT2D eigenvalue weighted by Gasteiger charge is 2.40. The van der Waals surface area contributed by atoms with Crippen LogP contribution in [-0.2, 0) is 6.42 Å². The first-order valence-electron chi connectivity index (χ1n) is 8.05. The van der Waals surface area contributed by atoms with Gasteiger partial charge in [-0.1, -0.05) is 24.3 Å². The summed E-state index contributed by atoms with van der Waals surface area (Å²) in [4.78, 5) is 26.0. The van der Waals surface area contributed by atoms with E-state index in [1.165, 1.54) is 0 Å². The maximum Gasteiger partial charge on any atom is 0.194 e. The summed E-state index contributed by atoms with van der Waals surface area (Å²) in [5.74, 6) is -0.397. The van der Waals surface area contributed by atoms with Gasteiger partial charge in [-0.25, -0.2) is 0 Å². The molecule has 2 N–H and O–H groups in total. The summed E-state index contributed by atoms with van der Waals surface area (Å²) in [5, 5.41) is 20.8. The van der Waals surface area contributed by atoms with Crippen molar-refractivity contribution in [3.05, 3.63) is 69.3 Å². The number of hydrogen-bond acceptors (Lipinski definition) is 4. The zero-order valence-corrected chi connectivity index (χ0v) is 13.6. The van der Waals surface area contributed by atoms with Gasteiger partial charge in [0, 0.05) is 35.1 Å². The zero-order valence-electron chi connectivity index (χ0n) is 13.6. The molecule has 122 valence electrons. The molecular formula is C20H18O4. The topological polar surface area (TPSA) is 74.6 Å². The summed E-state index contributed by atoms with van der Waals surface area (Å²) in [7, 11) is 0. The van der Waals surface area contributed by atoms with Gasteiger partial charge in [0.2, 0.25) is 0 Å². The van der Waals surface area contributed by atoms with E-state index in [4.69, 9.17) is 0 Å². The molecule has 2 aliphatic carbocycles. The van der Waals surface area contributed by atoms with Crippen LogP contribution >= 0.6 is 0 Å². The Bertz CT molecular complexity index is 908. The van der Waals surface area contributed by atoms with Gasteiger partial charge in [0.05, 0.1) is 11.7 Å². The Hall–Kier alpha value is -2.30. The summed E-state index contributed by atoms with van der Waals surface area (Å²) >= 11 is 0. The second-order valence-corrected chi connectivity index (χ2v) is 7.11. The highest BCUT2D eigenvalue weighted by molar-refractivity contribution is 6.29. The molecule has 2 aromatic rings. The minimum atomic E-state index is -1.02. The zero-order chi connectivity index (χ0) is 17.2. The van der Waals surface area contributed by atoms with Crippen molar-refractivity contribution in [3.8, 4) is 0 Å². The minimum absolute atomic E-state index is 0.151. The maximum absolute atomic E-state index is 13.1. The van der Waals surface area contributed by atoms with Crippen molar-refractivity contribution in [2.24, 2.45) is 0 Å². The first-order chi connectivity index (χ1) is 11.3. The molecule has 2 aromatic carbocycles. The van der Waals surface area contributed by atoms with Gasteiger partial charge >= 0.3 is 0 Å². The molecular weight excluding hydrogens is 304 g/mol. The van der Waals surface area contributed by atoms with Gasteiger partial charge in [-0.15, -0.1) is 0 Å². The van der Waals surface area contributed by atoms with Crippen molar-refractivity contribution in [1.29, 1.82) is 0 Å². The smallest absolute Gasteiger partial charge is 0.194 e. The fourth-order valence-corrected chi connectivity index (χ4v) is 4.06. The number of carbonyl (C=O) groups excluding carboxylic acids is 2. The van der Waals surface area contributed by atoms with Crippen LogP contribution in [0.1, 0.15) is 68.0 Å². The largest absolute Gasteiger partial charge is 0.390 e. The number of rotatable bonds is 0. The third-order valence-electron chi connectivity index (χ3n) is 5.09. The van der Waals surface area contributed by atoms with E-state index in [2.05, 4.69) is 0 Å². The van der Waals surface area contributed by atoms with Crippen LogP contribution in [0, 0.1) is 6.92 Å². The molecule has 0 fully saturated rings. The molecule has 2 aliphatic rings. The number of fused-ring (bicyclic) bond motifs is 4. The van der Waals surface area contributed by atoms with Gasteiger partial charge in [0.25, 0.3) is 0 Å². The molecule has 2 unspecified atom stereocenters. The molecule has 0 aromatic heterocycles. The van der Waals surface area contributed by atoms with E-state index in [-0.39, 0.29) is 18.0 Å². The molecule has 0 aliphatic heterocycles. The number of benzene rings is 2. The number of carbonyl (C=O) groups is 2. The van der Waals surface area contributed by atoms with Crippen LogP contribution in [0.2, 0.25) is 0 Å². The van der Waals surface area contributed by atoms with Crippen LogP contribution < -0.4 is 0 Å². The number of aliphatic hydroxyl groups is 2. The van der Waals surface area contributed by atoms with Crippen molar-refractivity contribution >= 4 is 11.6 Å². The molecule has 4 nitrogen and oxygen atoms in total. The minimum Gasteiger partial charge on any atom is -0.390 e. The maximum atomic E-state index is 13.1. The Kier molecular flexibility index (Phi) is 3.08. The quantitative estimate of drug-likeness (QED) is 0.667. The number of ketones is 2. The fraction of sp³-hybridized carbons (Fsp3) is 0.300. The Labute approximate surface area is 139 Å². The van der Waals surface area contributed by atoms with Gasteiger partial charge in [-0.3, -0.25) is 9.59 Å². The third kappa shape index (κ3) is 2.00. The van der Waals surface area contributed by atoms with E-state index in [0.29, 0.717) is 34.2 Å². The Morgan fingerprint density at radius 1 is 1.04 bits per heavy atom. The predicted octanol–water partition coefficient (Wildman–Crippen LogP) is 2.50. The Morgan fingerprint density at radius 3 is 2.46 bits per heavy atom. The molecule has 0 heterocycles. The Balaban J connectivity index is 2.00. The lowest BCUT2D eigenvalue weighted by atomic mass is 9.72.